The van der Waals surface area contributed by atoms with Crippen LogP contribution in [0.1, 0.15) is 27.7 Å². The Bertz CT molecular complexity index is 637. The Balaban J connectivity index is 2.09. The van der Waals surface area contributed by atoms with Crippen molar-refractivity contribution in [1.29, 1.82) is 0 Å². The molecule has 2 rings (SSSR count). The van der Waals surface area contributed by atoms with Crippen molar-refractivity contribution in [3.63, 3.8) is 0 Å². The van der Waals surface area contributed by atoms with E-state index in [1.807, 2.05) is 0 Å². The molecule has 0 atom stereocenters. The molecule has 0 heterocycles. The van der Waals surface area contributed by atoms with Crippen molar-refractivity contribution in [2.75, 3.05) is 24.6 Å². The summed E-state index contributed by atoms with van der Waals surface area (Å²) in [5, 5.41) is 3.36. The zero-order valence-corrected chi connectivity index (χ0v) is 14.1. The van der Waals surface area contributed by atoms with Crippen LogP contribution in [0.25, 0.3) is 0 Å². The molecule has 0 saturated heterocycles. The molecule has 118 valence electrons. The highest BCUT2D eigenvalue weighted by atomic mass is 32.2. The molecule has 0 amide bonds. The smallest absolute Gasteiger partial charge is 0.242 e. The van der Waals surface area contributed by atoms with E-state index < -0.39 is 10.0 Å². The van der Waals surface area contributed by atoms with Gasteiger partial charge in [-0.15, -0.1) is 0 Å². The van der Waals surface area contributed by atoms with E-state index >= 15 is 0 Å². The summed E-state index contributed by atoms with van der Waals surface area (Å²) in [6.45, 7) is 9.96. The van der Waals surface area contributed by atoms with Gasteiger partial charge in [-0.3, -0.25) is 0 Å². The first-order chi connectivity index (χ1) is 9.54. The van der Waals surface area contributed by atoms with E-state index in [9.17, 15) is 8.42 Å². The first kappa shape index (κ1) is 16.1. The van der Waals surface area contributed by atoms with E-state index in [0.717, 1.165) is 12.2 Å². The molecule has 4 N–H and O–H groups in total. The lowest BCUT2D eigenvalue weighted by Gasteiger charge is -2.11. The molecule has 5 nitrogen and oxygen atoms in total. The standard InChI is InChI=1S/C15H25N3O2S/c1-14(2)13(15(14,3)4)9-18-10-6-7-12(11(16)8-10)21(19,20)17-5/h6-8,13,17-18H,9,16H2,1-5H3. The molecule has 1 aliphatic carbocycles. The van der Waals surface area contributed by atoms with Gasteiger partial charge in [0.1, 0.15) is 4.90 Å². The van der Waals surface area contributed by atoms with Gasteiger partial charge in [0.2, 0.25) is 10.0 Å². The maximum absolute atomic E-state index is 11.8. The summed E-state index contributed by atoms with van der Waals surface area (Å²) in [6, 6.07) is 4.96. The number of anilines is 2. The van der Waals surface area contributed by atoms with Crippen LogP contribution in [0.4, 0.5) is 11.4 Å². The zero-order valence-electron chi connectivity index (χ0n) is 13.3. The Morgan fingerprint density at radius 1 is 1.19 bits per heavy atom. The van der Waals surface area contributed by atoms with Gasteiger partial charge in [0.15, 0.2) is 0 Å². The molecule has 1 aliphatic rings. The Kier molecular flexibility index (Phi) is 3.74. The Hall–Kier alpha value is -1.27. The zero-order chi connectivity index (χ0) is 16.1. The van der Waals surface area contributed by atoms with Gasteiger partial charge in [-0.25, -0.2) is 13.1 Å². The fourth-order valence-corrected chi connectivity index (χ4v) is 3.91. The number of benzene rings is 1. The summed E-state index contributed by atoms with van der Waals surface area (Å²) in [6.07, 6.45) is 0. The van der Waals surface area contributed by atoms with E-state index in [-0.39, 0.29) is 10.6 Å². The van der Waals surface area contributed by atoms with Gasteiger partial charge < -0.3 is 11.1 Å². The number of hydrogen-bond acceptors (Lipinski definition) is 4. The van der Waals surface area contributed by atoms with E-state index in [2.05, 4.69) is 37.7 Å². The summed E-state index contributed by atoms with van der Waals surface area (Å²) < 4.78 is 25.8. The van der Waals surface area contributed by atoms with Crippen LogP contribution in [0.2, 0.25) is 0 Å². The average molecular weight is 311 g/mol. The molecule has 0 radical (unpaired) electrons. The number of nitrogens with two attached hydrogens (primary N) is 1. The van der Waals surface area contributed by atoms with Crippen molar-refractivity contribution in [1.82, 2.24) is 4.72 Å². The Morgan fingerprint density at radius 3 is 2.19 bits per heavy atom. The van der Waals surface area contributed by atoms with Crippen molar-refractivity contribution >= 4 is 21.4 Å². The van der Waals surface area contributed by atoms with Crippen molar-refractivity contribution in [2.45, 2.75) is 32.6 Å². The minimum atomic E-state index is -3.50. The number of nitrogen functional groups attached to an aromatic ring is 1. The summed E-state index contributed by atoms with van der Waals surface area (Å²) in [5.74, 6) is 0.590. The van der Waals surface area contributed by atoms with Crippen LogP contribution in [0.5, 0.6) is 0 Å². The van der Waals surface area contributed by atoms with E-state index in [4.69, 9.17) is 5.73 Å². The maximum atomic E-state index is 11.8. The molecule has 1 saturated carbocycles. The van der Waals surface area contributed by atoms with Crippen LogP contribution in [-0.2, 0) is 10.0 Å². The summed E-state index contributed by atoms with van der Waals surface area (Å²) in [4.78, 5) is 0.114. The number of rotatable bonds is 5. The Morgan fingerprint density at radius 2 is 1.76 bits per heavy atom. The quantitative estimate of drug-likeness (QED) is 0.728. The van der Waals surface area contributed by atoms with E-state index in [1.165, 1.54) is 13.1 Å². The molecule has 0 aliphatic heterocycles. The van der Waals surface area contributed by atoms with Gasteiger partial charge in [-0.05, 0) is 42.0 Å². The van der Waals surface area contributed by atoms with Crippen molar-refractivity contribution in [3.05, 3.63) is 18.2 Å². The van der Waals surface area contributed by atoms with Crippen molar-refractivity contribution in [3.8, 4) is 0 Å². The van der Waals surface area contributed by atoms with Gasteiger partial charge in [-0.2, -0.15) is 0 Å². The average Bonchev–Trinajstić information content (AvgIpc) is 2.77. The Labute approximate surface area is 127 Å². The molecule has 6 heteroatoms. The predicted octanol–water partition coefficient (Wildman–Crippen LogP) is 2.27. The highest BCUT2D eigenvalue weighted by molar-refractivity contribution is 7.89. The minimum absolute atomic E-state index is 0.114. The van der Waals surface area contributed by atoms with Crippen LogP contribution in [0.3, 0.4) is 0 Å². The topological polar surface area (TPSA) is 84.2 Å². The van der Waals surface area contributed by atoms with E-state index in [0.29, 0.717) is 16.7 Å². The van der Waals surface area contributed by atoms with Crippen molar-refractivity contribution in [2.24, 2.45) is 16.7 Å². The predicted molar refractivity (Wildman–Crippen MR) is 86.6 cm³/mol. The third-order valence-electron chi connectivity index (χ3n) is 5.40. The molecule has 0 unspecified atom stereocenters. The van der Waals surface area contributed by atoms with E-state index in [1.54, 1.807) is 12.1 Å². The second-order valence-electron chi connectivity index (χ2n) is 6.84. The third-order valence-corrected chi connectivity index (χ3v) is 6.89. The summed E-state index contributed by atoms with van der Waals surface area (Å²) >= 11 is 0. The SMILES string of the molecule is CNS(=O)(=O)c1ccc(NCC2C(C)(C)C2(C)C)cc1N. The second kappa shape index (κ2) is 4.88. The highest BCUT2D eigenvalue weighted by Crippen LogP contribution is 2.68. The van der Waals surface area contributed by atoms with Crippen LogP contribution in [0, 0.1) is 16.7 Å². The minimum Gasteiger partial charge on any atom is -0.398 e. The van der Waals surface area contributed by atoms with Gasteiger partial charge in [0, 0.05) is 12.2 Å². The number of nitrogens with one attached hydrogen (secondary N) is 2. The molecule has 1 aromatic carbocycles. The van der Waals surface area contributed by atoms with Crippen LogP contribution >= 0.6 is 0 Å². The molecule has 1 aromatic rings. The van der Waals surface area contributed by atoms with Gasteiger partial charge in [0.05, 0.1) is 5.69 Å². The van der Waals surface area contributed by atoms with Crippen LogP contribution < -0.4 is 15.8 Å². The lowest BCUT2D eigenvalue weighted by molar-refractivity contribution is 0.457. The molecule has 0 aromatic heterocycles. The molecule has 0 spiro atoms. The number of sulfonamides is 1. The first-order valence-electron chi connectivity index (χ1n) is 7.11. The molecule has 21 heavy (non-hydrogen) atoms. The molecular weight excluding hydrogens is 286 g/mol. The summed E-state index contributed by atoms with van der Waals surface area (Å²) in [7, 11) is -2.13. The monoisotopic (exact) mass is 311 g/mol. The maximum Gasteiger partial charge on any atom is 0.242 e. The fourth-order valence-electron chi connectivity index (χ4n) is 3.08. The van der Waals surface area contributed by atoms with Gasteiger partial charge in [0.25, 0.3) is 0 Å². The summed E-state index contributed by atoms with van der Waals surface area (Å²) in [5.41, 5.74) is 7.59. The molecule has 1 fully saturated rings. The second-order valence-corrected chi connectivity index (χ2v) is 8.69. The fraction of sp³-hybridized carbons (Fsp3) is 0.600. The lowest BCUT2D eigenvalue weighted by Crippen LogP contribution is -2.20. The van der Waals surface area contributed by atoms with Crippen LogP contribution in [-0.4, -0.2) is 22.0 Å². The molecular formula is C15H25N3O2S. The highest BCUT2D eigenvalue weighted by Gasteiger charge is 2.63. The largest absolute Gasteiger partial charge is 0.398 e. The lowest BCUT2D eigenvalue weighted by atomic mass is 10.0. The molecule has 0 bridgehead atoms. The van der Waals surface area contributed by atoms with Crippen molar-refractivity contribution < 1.29 is 8.42 Å². The van der Waals surface area contributed by atoms with Crippen LogP contribution in [0.15, 0.2) is 23.1 Å². The first-order valence-corrected chi connectivity index (χ1v) is 8.59. The normalized spacial score (nSPS) is 20.2. The van der Waals surface area contributed by atoms with Gasteiger partial charge in [-0.1, -0.05) is 27.7 Å². The third kappa shape index (κ3) is 2.62. The van der Waals surface area contributed by atoms with Gasteiger partial charge >= 0.3 is 0 Å². The number of hydrogen-bond donors (Lipinski definition) is 3.